The van der Waals surface area contributed by atoms with E-state index in [0.717, 1.165) is 25.7 Å². The van der Waals surface area contributed by atoms with Crippen LogP contribution in [0, 0.1) is 3.57 Å². The Labute approximate surface area is 111 Å². The SMILES string of the molecule is Nc1ncc2cc(-c3cnco3)ccc2c1I. The lowest BCUT2D eigenvalue weighted by molar-refractivity contribution is 0.572. The van der Waals surface area contributed by atoms with E-state index in [2.05, 4.69) is 32.6 Å². The van der Waals surface area contributed by atoms with Crippen molar-refractivity contribution < 1.29 is 4.42 Å². The Bertz CT molecular complexity index is 680. The van der Waals surface area contributed by atoms with E-state index in [9.17, 15) is 0 Å². The number of rotatable bonds is 1. The zero-order chi connectivity index (χ0) is 11.8. The number of hydrogen-bond donors (Lipinski definition) is 1. The van der Waals surface area contributed by atoms with Gasteiger partial charge in [-0.3, -0.25) is 0 Å². The summed E-state index contributed by atoms with van der Waals surface area (Å²) in [4.78, 5) is 8.06. The second-order valence-corrected chi connectivity index (χ2v) is 4.70. The molecule has 4 nitrogen and oxygen atoms in total. The average molecular weight is 337 g/mol. The minimum Gasteiger partial charge on any atom is -0.444 e. The van der Waals surface area contributed by atoms with Crippen LogP contribution in [0.1, 0.15) is 0 Å². The fraction of sp³-hybridized carbons (Fsp3) is 0. The highest BCUT2D eigenvalue weighted by molar-refractivity contribution is 14.1. The van der Waals surface area contributed by atoms with Gasteiger partial charge in [-0.15, -0.1) is 0 Å². The summed E-state index contributed by atoms with van der Waals surface area (Å²) in [6.45, 7) is 0. The molecule has 3 aromatic rings. The number of benzene rings is 1. The predicted octanol–water partition coefficient (Wildman–Crippen LogP) is 3.08. The third kappa shape index (κ3) is 1.76. The zero-order valence-electron chi connectivity index (χ0n) is 8.72. The Morgan fingerprint density at radius 1 is 1.24 bits per heavy atom. The monoisotopic (exact) mass is 337 g/mol. The molecule has 0 bridgehead atoms. The molecule has 2 aromatic heterocycles. The van der Waals surface area contributed by atoms with Crippen LogP contribution in [0.5, 0.6) is 0 Å². The van der Waals surface area contributed by atoms with E-state index in [1.165, 1.54) is 6.39 Å². The summed E-state index contributed by atoms with van der Waals surface area (Å²) < 4.78 is 6.24. The number of fused-ring (bicyclic) bond motifs is 1. The lowest BCUT2D eigenvalue weighted by Crippen LogP contribution is -1.94. The van der Waals surface area contributed by atoms with E-state index in [1.54, 1.807) is 12.4 Å². The van der Waals surface area contributed by atoms with E-state index in [-0.39, 0.29) is 0 Å². The molecule has 0 unspecified atom stereocenters. The van der Waals surface area contributed by atoms with Crippen molar-refractivity contribution in [3.8, 4) is 11.3 Å². The molecular formula is C12H8IN3O. The standard InChI is InChI=1S/C12H8IN3O/c13-11-9-2-1-7(10-5-15-6-17-10)3-8(9)4-16-12(11)14/h1-6H,(H2,14,16). The number of aromatic nitrogens is 2. The Hall–Kier alpha value is -1.63. The van der Waals surface area contributed by atoms with Gasteiger partial charge >= 0.3 is 0 Å². The van der Waals surface area contributed by atoms with Crippen molar-refractivity contribution in [3.63, 3.8) is 0 Å². The number of hydrogen-bond acceptors (Lipinski definition) is 4. The van der Waals surface area contributed by atoms with Crippen molar-refractivity contribution in [2.24, 2.45) is 0 Å². The molecule has 0 spiro atoms. The molecule has 0 radical (unpaired) electrons. The van der Waals surface area contributed by atoms with Gasteiger partial charge in [-0.05, 0) is 28.7 Å². The van der Waals surface area contributed by atoms with Crippen LogP contribution in [-0.2, 0) is 0 Å². The molecule has 5 heteroatoms. The second kappa shape index (κ2) is 3.99. The van der Waals surface area contributed by atoms with E-state index in [1.807, 2.05) is 18.2 Å². The third-order valence-corrected chi connectivity index (χ3v) is 3.71. The van der Waals surface area contributed by atoms with Gasteiger partial charge in [-0.2, -0.15) is 0 Å². The molecule has 84 valence electrons. The van der Waals surface area contributed by atoms with Crippen molar-refractivity contribution >= 4 is 39.2 Å². The van der Waals surface area contributed by atoms with E-state index >= 15 is 0 Å². The van der Waals surface area contributed by atoms with Gasteiger partial charge in [0.2, 0.25) is 0 Å². The van der Waals surface area contributed by atoms with Gasteiger partial charge in [0.25, 0.3) is 0 Å². The van der Waals surface area contributed by atoms with Gasteiger partial charge in [-0.1, -0.05) is 12.1 Å². The van der Waals surface area contributed by atoms with Crippen molar-refractivity contribution in [2.45, 2.75) is 0 Å². The predicted molar refractivity (Wildman–Crippen MR) is 74.4 cm³/mol. The molecule has 0 fully saturated rings. The first-order valence-corrected chi connectivity index (χ1v) is 6.06. The van der Waals surface area contributed by atoms with Crippen molar-refractivity contribution in [2.75, 3.05) is 5.73 Å². The Morgan fingerprint density at radius 2 is 2.12 bits per heavy atom. The molecule has 0 atom stereocenters. The van der Waals surface area contributed by atoms with E-state index in [0.29, 0.717) is 5.82 Å². The lowest BCUT2D eigenvalue weighted by Gasteiger charge is -2.04. The zero-order valence-corrected chi connectivity index (χ0v) is 10.9. The van der Waals surface area contributed by atoms with Crippen LogP contribution in [-0.4, -0.2) is 9.97 Å². The fourth-order valence-corrected chi connectivity index (χ4v) is 2.35. The topological polar surface area (TPSA) is 64.9 Å². The minimum atomic E-state index is 0.561. The van der Waals surface area contributed by atoms with Gasteiger partial charge < -0.3 is 10.2 Å². The fourth-order valence-electron chi connectivity index (χ4n) is 1.71. The van der Waals surface area contributed by atoms with Crippen LogP contribution in [0.3, 0.4) is 0 Å². The highest BCUT2D eigenvalue weighted by Crippen LogP contribution is 2.28. The highest BCUT2D eigenvalue weighted by Gasteiger charge is 2.07. The van der Waals surface area contributed by atoms with Gasteiger partial charge in [0, 0.05) is 22.5 Å². The number of pyridine rings is 1. The molecule has 3 rings (SSSR count). The Balaban J connectivity index is 2.24. The Kier molecular flexibility index (Phi) is 2.47. The first kappa shape index (κ1) is 10.5. The summed E-state index contributed by atoms with van der Waals surface area (Å²) in [5.41, 5.74) is 6.76. The summed E-state index contributed by atoms with van der Waals surface area (Å²) in [7, 11) is 0. The number of nitrogens with two attached hydrogens (primary N) is 1. The highest BCUT2D eigenvalue weighted by atomic mass is 127. The first-order chi connectivity index (χ1) is 8.25. The molecule has 0 aliphatic rings. The van der Waals surface area contributed by atoms with Gasteiger partial charge in [-0.25, -0.2) is 9.97 Å². The molecule has 2 N–H and O–H groups in total. The van der Waals surface area contributed by atoms with Crippen LogP contribution in [0.25, 0.3) is 22.1 Å². The molecule has 0 saturated carbocycles. The molecule has 17 heavy (non-hydrogen) atoms. The largest absolute Gasteiger partial charge is 0.444 e. The lowest BCUT2D eigenvalue weighted by atomic mass is 10.1. The van der Waals surface area contributed by atoms with Gasteiger partial charge in [0.1, 0.15) is 5.82 Å². The van der Waals surface area contributed by atoms with Crippen LogP contribution in [0.2, 0.25) is 0 Å². The molecule has 0 aliphatic heterocycles. The summed E-state index contributed by atoms with van der Waals surface area (Å²) >= 11 is 2.20. The average Bonchev–Trinajstić information content (AvgIpc) is 2.87. The molecular weight excluding hydrogens is 329 g/mol. The molecule has 0 saturated heterocycles. The molecule has 0 aliphatic carbocycles. The van der Waals surface area contributed by atoms with Gasteiger partial charge in [0.05, 0.1) is 9.77 Å². The first-order valence-electron chi connectivity index (χ1n) is 4.98. The van der Waals surface area contributed by atoms with Crippen LogP contribution < -0.4 is 5.73 Å². The molecule has 0 amide bonds. The van der Waals surface area contributed by atoms with Gasteiger partial charge in [0.15, 0.2) is 12.2 Å². The quantitative estimate of drug-likeness (QED) is 0.693. The smallest absolute Gasteiger partial charge is 0.181 e. The van der Waals surface area contributed by atoms with E-state index < -0.39 is 0 Å². The maximum Gasteiger partial charge on any atom is 0.181 e. The maximum atomic E-state index is 5.77. The molecule has 1 aromatic carbocycles. The maximum absolute atomic E-state index is 5.77. The summed E-state index contributed by atoms with van der Waals surface area (Å²) in [6, 6.07) is 6.03. The van der Waals surface area contributed by atoms with Crippen LogP contribution in [0.4, 0.5) is 5.82 Å². The summed E-state index contributed by atoms with van der Waals surface area (Å²) in [6.07, 6.45) is 4.88. The Morgan fingerprint density at radius 3 is 2.88 bits per heavy atom. The normalized spacial score (nSPS) is 10.9. The minimum absolute atomic E-state index is 0.561. The number of nitrogen functional groups attached to an aromatic ring is 1. The number of nitrogens with zero attached hydrogens (tertiary/aromatic N) is 2. The summed E-state index contributed by atoms with van der Waals surface area (Å²) in [5, 5.41) is 2.14. The van der Waals surface area contributed by atoms with Crippen LogP contribution in [0.15, 0.2) is 41.4 Å². The number of halogens is 1. The third-order valence-electron chi connectivity index (χ3n) is 2.57. The number of oxazole rings is 1. The number of anilines is 1. The van der Waals surface area contributed by atoms with E-state index in [4.69, 9.17) is 10.2 Å². The van der Waals surface area contributed by atoms with Crippen molar-refractivity contribution in [1.29, 1.82) is 0 Å². The van der Waals surface area contributed by atoms with Crippen molar-refractivity contribution in [3.05, 3.63) is 40.6 Å². The second-order valence-electron chi connectivity index (χ2n) is 3.63. The van der Waals surface area contributed by atoms with Crippen LogP contribution >= 0.6 is 22.6 Å². The van der Waals surface area contributed by atoms with Crippen molar-refractivity contribution in [1.82, 2.24) is 9.97 Å². The summed E-state index contributed by atoms with van der Waals surface area (Å²) in [5.74, 6) is 1.31. The molecule has 2 heterocycles.